The lowest BCUT2D eigenvalue weighted by Crippen LogP contribution is -2.54. The molecule has 1 aliphatic heterocycles. The van der Waals surface area contributed by atoms with Gasteiger partial charge < -0.3 is 15.2 Å². The second-order valence-electron chi connectivity index (χ2n) is 10.7. The quantitative estimate of drug-likeness (QED) is 0.387. The van der Waals surface area contributed by atoms with Crippen molar-refractivity contribution in [2.45, 2.75) is 63.7 Å². The Kier molecular flexibility index (Phi) is 7.38. The van der Waals surface area contributed by atoms with Crippen LogP contribution in [0.5, 0.6) is 0 Å². The van der Waals surface area contributed by atoms with Crippen molar-refractivity contribution in [3.63, 3.8) is 0 Å². The number of hydrogen-bond donors (Lipinski definition) is 2. The minimum Gasteiger partial charge on any atom is -0.481 e. The van der Waals surface area contributed by atoms with Crippen LogP contribution in [0.3, 0.4) is 0 Å². The highest BCUT2D eigenvalue weighted by atomic mass is 16.5. The van der Waals surface area contributed by atoms with Crippen molar-refractivity contribution >= 4 is 22.9 Å². The van der Waals surface area contributed by atoms with Gasteiger partial charge in [-0.15, -0.1) is 0 Å². The van der Waals surface area contributed by atoms with Crippen LogP contribution in [0.15, 0.2) is 72.8 Å². The smallest absolute Gasteiger partial charge is 0.303 e. The summed E-state index contributed by atoms with van der Waals surface area (Å²) < 4.78 is 6.23. The van der Waals surface area contributed by atoms with E-state index in [-0.39, 0.29) is 36.0 Å². The number of unbranched alkanes of at least 4 members (excludes halogenated alkanes) is 1. The molecule has 1 fully saturated rings. The van der Waals surface area contributed by atoms with Crippen LogP contribution in [-0.2, 0) is 16.0 Å². The first-order valence-electron chi connectivity index (χ1n) is 13.2. The van der Waals surface area contributed by atoms with E-state index in [0.717, 1.165) is 17.0 Å². The third kappa shape index (κ3) is 5.83. The second kappa shape index (κ2) is 10.9. The summed E-state index contributed by atoms with van der Waals surface area (Å²) >= 11 is 0. The zero-order valence-corrected chi connectivity index (χ0v) is 21.8. The van der Waals surface area contributed by atoms with Gasteiger partial charge in [0, 0.05) is 29.5 Å². The number of benzene rings is 2. The Morgan fingerprint density at radius 2 is 1.82 bits per heavy atom. The summed E-state index contributed by atoms with van der Waals surface area (Å²) in [5.41, 5.74) is 4.11. The van der Waals surface area contributed by atoms with Gasteiger partial charge in [-0.05, 0) is 57.7 Å². The molecule has 1 aromatic heterocycles. The van der Waals surface area contributed by atoms with E-state index in [1.54, 1.807) is 12.1 Å². The summed E-state index contributed by atoms with van der Waals surface area (Å²) in [7, 11) is 0. The lowest BCUT2D eigenvalue weighted by Gasteiger charge is -2.45. The number of fused-ring (bicyclic) bond motifs is 2. The minimum atomic E-state index is -0.799. The van der Waals surface area contributed by atoms with E-state index < -0.39 is 5.97 Å². The molecule has 38 heavy (non-hydrogen) atoms. The Morgan fingerprint density at radius 1 is 1.03 bits per heavy atom. The summed E-state index contributed by atoms with van der Waals surface area (Å²) in [6, 6.07) is 15.3. The topological polar surface area (TPSA) is 101 Å². The van der Waals surface area contributed by atoms with Crippen LogP contribution in [0.1, 0.15) is 55.6 Å². The van der Waals surface area contributed by atoms with Crippen molar-refractivity contribution in [1.82, 2.24) is 15.3 Å². The van der Waals surface area contributed by atoms with Gasteiger partial charge in [0.2, 0.25) is 0 Å². The number of rotatable bonds is 8. The zero-order valence-electron chi connectivity index (χ0n) is 21.8. The molecule has 2 heterocycles. The first-order valence-corrected chi connectivity index (χ1v) is 13.2. The second-order valence-corrected chi connectivity index (χ2v) is 10.7. The van der Waals surface area contributed by atoms with Gasteiger partial charge in [-0.3, -0.25) is 9.59 Å². The number of carboxylic acid groups (broad SMARTS) is 1. The predicted molar refractivity (Wildman–Crippen MR) is 147 cm³/mol. The molecule has 0 radical (unpaired) electrons. The Morgan fingerprint density at radius 3 is 2.61 bits per heavy atom. The van der Waals surface area contributed by atoms with Gasteiger partial charge in [-0.1, -0.05) is 54.6 Å². The van der Waals surface area contributed by atoms with Crippen LogP contribution < -0.4 is 5.32 Å². The number of ether oxygens (including phenoxy) is 1. The van der Waals surface area contributed by atoms with E-state index in [2.05, 4.69) is 31.3 Å². The number of aromatic nitrogens is 2. The molecular weight excluding hydrogens is 478 g/mol. The number of aliphatic carboxylic acids is 1. The largest absolute Gasteiger partial charge is 0.481 e. The summed E-state index contributed by atoms with van der Waals surface area (Å²) in [6.45, 7) is 4.12. The Labute approximate surface area is 222 Å². The number of carbonyl (C=O) groups is 2. The third-order valence-electron chi connectivity index (χ3n) is 7.17. The van der Waals surface area contributed by atoms with Crippen LogP contribution in [0.2, 0.25) is 0 Å². The fraction of sp³-hybridized carbons (Fsp3) is 0.355. The number of hydrogen-bond acceptors (Lipinski definition) is 5. The zero-order chi connectivity index (χ0) is 26.7. The van der Waals surface area contributed by atoms with E-state index in [9.17, 15) is 9.59 Å². The summed E-state index contributed by atoms with van der Waals surface area (Å²) in [5.74, 6) is -0.858. The van der Waals surface area contributed by atoms with Crippen molar-refractivity contribution in [3.05, 3.63) is 84.1 Å². The van der Waals surface area contributed by atoms with Gasteiger partial charge in [-0.2, -0.15) is 0 Å². The molecule has 5 rings (SSSR count). The van der Waals surface area contributed by atoms with E-state index >= 15 is 0 Å². The first kappa shape index (κ1) is 25.8. The Bertz CT molecular complexity index is 1400. The molecule has 2 aromatic carbocycles. The molecule has 1 saturated heterocycles. The highest BCUT2D eigenvalue weighted by Gasteiger charge is 2.41. The molecule has 1 aliphatic carbocycles. The van der Waals surface area contributed by atoms with Gasteiger partial charge >= 0.3 is 5.97 Å². The molecule has 3 aromatic rings. The van der Waals surface area contributed by atoms with E-state index in [1.165, 1.54) is 0 Å². The number of nitrogens with zero attached hydrogens (tertiary/aromatic N) is 2. The van der Waals surface area contributed by atoms with Gasteiger partial charge in [-0.25, -0.2) is 9.97 Å². The number of nitrogens with one attached hydrogen (secondary N) is 1. The minimum absolute atomic E-state index is 0.0514. The summed E-state index contributed by atoms with van der Waals surface area (Å²) in [6.07, 6.45) is 10.8. The molecule has 0 saturated carbocycles. The Hall–Kier alpha value is -3.84. The number of amides is 1. The molecule has 196 valence electrons. The van der Waals surface area contributed by atoms with E-state index in [1.807, 2.05) is 48.6 Å². The highest BCUT2D eigenvalue weighted by molar-refractivity contribution is 5.97. The average Bonchev–Trinajstić information content (AvgIpc) is 2.90. The maximum absolute atomic E-state index is 13.4. The molecule has 0 spiro atoms. The molecule has 3 unspecified atom stereocenters. The fourth-order valence-corrected chi connectivity index (χ4v) is 5.37. The Balaban J connectivity index is 1.41. The molecule has 2 N–H and O–H groups in total. The van der Waals surface area contributed by atoms with E-state index in [4.69, 9.17) is 19.8 Å². The van der Waals surface area contributed by atoms with E-state index in [0.29, 0.717) is 42.3 Å². The lowest BCUT2D eigenvalue weighted by atomic mass is 9.80. The molecule has 7 heteroatoms. The summed E-state index contributed by atoms with van der Waals surface area (Å²) in [4.78, 5) is 34.2. The molecular formula is C31H33N3O4. The molecule has 3 atom stereocenters. The van der Waals surface area contributed by atoms with Crippen LogP contribution in [0.25, 0.3) is 22.3 Å². The maximum Gasteiger partial charge on any atom is 0.303 e. The monoisotopic (exact) mass is 511 g/mol. The average molecular weight is 512 g/mol. The number of allylic oxidation sites excluding steroid dienone is 2. The van der Waals surface area contributed by atoms with Crippen molar-refractivity contribution in [3.8, 4) is 11.3 Å². The third-order valence-corrected chi connectivity index (χ3v) is 7.17. The van der Waals surface area contributed by atoms with Gasteiger partial charge in [0.15, 0.2) is 0 Å². The van der Waals surface area contributed by atoms with Crippen molar-refractivity contribution in [2.75, 3.05) is 0 Å². The molecule has 1 amide bonds. The van der Waals surface area contributed by atoms with Crippen molar-refractivity contribution < 1.29 is 19.4 Å². The number of carboxylic acids is 1. The molecule has 0 bridgehead atoms. The SMILES string of the molecule is CC1(C)CC(NC(=O)c2ccc3nc(-c4ccccc4)c(CCCCC(=O)O)nc3c2)C2C=CC=CC2O1. The standard InChI is InChI=1S/C31H33N3O4/c1-31(2)19-26(22-12-6-8-14-27(22)38-31)34-30(37)21-16-17-23-25(18-21)32-24(13-7-9-15-28(35)36)29(33-23)20-10-4-3-5-11-20/h3-6,8,10-12,14,16-18,22,26-27H,7,9,13,15,19H2,1-2H3,(H,34,37)(H,35,36). The van der Waals surface area contributed by atoms with Crippen LogP contribution in [-0.4, -0.2) is 44.7 Å². The van der Waals surface area contributed by atoms with Gasteiger partial charge in [0.25, 0.3) is 5.91 Å². The highest BCUT2D eigenvalue weighted by Crippen LogP contribution is 2.35. The van der Waals surface area contributed by atoms with Crippen molar-refractivity contribution in [2.24, 2.45) is 5.92 Å². The fourth-order valence-electron chi connectivity index (χ4n) is 5.37. The first-order chi connectivity index (χ1) is 18.3. The predicted octanol–water partition coefficient (Wildman–Crippen LogP) is 5.50. The summed E-state index contributed by atoms with van der Waals surface area (Å²) in [5, 5.41) is 12.2. The molecule has 7 nitrogen and oxygen atoms in total. The van der Waals surface area contributed by atoms with Crippen molar-refractivity contribution in [1.29, 1.82) is 0 Å². The van der Waals surface area contributed by atoms with Gasteiger partial charge in [0.1, 0.15) is 0 Å². The number of carbonyl (C=O) groups excluding carboxylic acids is 1. The lowest BCUT2D eigenvalue weighted by molar-refractivity contribution is -0.137. The molecule has 2 aliphatic rings. The maximum atomic E-state index is 13.4. The van der Waals surface area contributed by atoms with Crippen LogP contribution in [0, 0.1) is 5.92 Å². The van der Waals surface area contributed by atoms with Crippen LogP contribution >= 0.6 is 0 Å². The number of aryl methyl sites for hydroxylation is 1. The van der Waals surface area contributed by atoms with Gasteiger partial charge in [0.05, 0.1) is 34.1 Å². The van der Waals surface area contributed by atoms with Crippen LogP contribution in [0.4, 0.5) is 0 Å². The normalized spacial score (nSPS) is 21.7.